The summed E-state index contributed by atoms with van der Waals surface area (Å²) in [5.74, 6) is -0.0646. The molecule has 1 aromatic rings. The van der Waals surface area contributed by atoms with E-state index in [2.05, 4.69) is 0 Å². The van der Waals surface area contributed by atoms with Crippen LogP contribution in [0.25, 0.3) is 6.08 Å². The highest BCUT2D eigenvalue weighted by Crippen LogP contribution is 2.27. The van der Waals surface area contributed by atoms with Gasteiger partial charge in [0, 0.05) is 0 Å². The number of aliphatic carboxylic acids is 1. The minimum atomic E-state index is -1.25. The maximum Gasteiger partial charge on any atom is 0.346 e. The lowest BCUT2D eigenvalue weighted by atomic mass is 10.1. The van der Waals surface area contributed by atoms with Crippen molar-refractivity contribution in [1.82, 2.24) is 0 Å². The van der Waals surface area contributed by atoms with Gasteiger partial charge in [0.2, 0.25) is 0 Å². The molecule has 0 saturated carbocycles. The van der Waals surface area contributed by atoms with Gasteiger partial charge < -0.3 is 14.6 Å². The van der Waals surface area contributed by atoms with Gasteiger partial charge in [0.15, 0.2) is 11.5 Å². The number of nitriles is 1. The van der Waals surface area contributed by atoms with Crippen LogP contribution in [0, 0.1) is 11.3 Å². The molecule has 0 radical (unpaired) electrons. The summed E-state index contributed by atoms with van der Waals surface area (Å²) < 4.78 is 10.2. The average molecular weight is 259 g/mol. The van der Waals surface area contributed by atoms with E-state index < -0.39 is 5.97 Å². The Bertz CT molecular complexity index is 567. The van der Waals surface area contributed by atoms with Gasteiger partial charge >= 0.3 is 5.97 Å². The fourth-order valence-electron chi connectivity index (χ4n) is 1.37. The molecule has 5 nitrogen and oxygen atoms in total. The van der Waals surface area contributed by atoms with E-state index in [-0.39, 0.29) is 5.57 Å². The van der Waals surface area contributed by atoms with Gasteiger partial charge in [-0.2, -0.15) is 5.26 Å². The molecule has 0 aromatic heterocycles. The van der Waals surface area contributed by atoms with E-state index in [1.54, 1.807) is 37.5 Å². The van der Waals surface area contributed by atoms with E-state index in [4.69, 9.17) is 19.8 Å². The first-order valence-corrected chi connectivity index (χ1v) is 5.36. The fraction of sp³-hybridized carbons (Fsp3) is 0.143. The average Bonchev–Trinajstić information content (AvgIpc) is 2.42. The molecule has 0 bridgehead atoms. The molecule has 0 aliphatic carbocycles. The third-order valence-electron chi connectivity index (χ3n) is 2.31. The number of carboxylic acid groups (broad SMARTS) is 1. The summed E-state index contributed by atoms with van der Waals surface area (Å²) in [6.45, 7) is 0. The van der Waals surface area contributed by atoms with Crippen LogP contribution in [-0.2, 0) is 4.79 Å². The van der Waals surface area contributed by atoms with Crippen LogP contribution in [0.5, 0.6) is 11.5 Å². The Hall–Kier alpha value is -2.74. The second-order valence-electron chi connectivity index (χ2n) is 3.47. The topological polar surface area (TPSA) is 79.5 Å². The molecule has 0 unspecified atom stereocenters. The van der Waals surface area contributed by atoms with Crippen molar-refractivity contribution in [3.05, 3.63) is 41.5 Å². The van der Waals surface area contributed by atoms with Gasteiger partial charge in [0.1, 0.15) is 11.6 Å². The first kappa shape index (κ1) is 14.3. The van der Waals surface area contributed by atoms with Crippen LogP contribution in [0.15, 0.2) is 35.9 Å². The number of methoxy groups -OCH3 is 2. The monoisotopic (exact) mass is 259 g/mol. The molecule has 0 amide bonds. The van der Waals surface area contributed by atoms with E-state index in [9.17, 15) is 4.79 Å². The van der Waals surface area contributed by atoms with Crippen molar-refractivity contribution in [3.63, 3.8) is 0 Å². The largest absolute Gasteiger partial charge is 0.493 e. The Balaban J connectivity index is 2.95. The number of nitrogens with zero attached hydrogens (tertiary/aromatic N) is 1. The third-order valence-corrected chi connectivity index (χ3v) is 2.31. The Morgan fingerprint density at radius 2 is 2.00 bits per heavy atom. The number of hydrogen-bond donors (Lipinski definition) is 1. The lowest BCUT2D eigenvalue weighted by molar-refractivity contribution is -0.132. The fourth-order valence-corrected chi connectivity index (χ4v) is 1.37. The van der Waals surface area contributed by atoms with Crippen molar-refractivity contribution in [2.45, 2.75) is 0 Å². The molecule has 19 heavy (non-hydrogen) atoms. The van der Waals surface area contributed by atoms with Crippen LogP contribution in [0.3, 0.4) is 0 Å². The van der Waals surface area contributed by atoms with E-state index >= 15 is 0 Å². The zero-order chi connectivity index (χ0) is 14.3. The number of ether oxygens (including phenoxy) is 2. The summed E-state index contributed by atoms with van der Waals surface area (Å²) in [5, 5.41) is 17.2. The number of carboxylic acids is 1. The van der Waals surface area contributed by atoms with Crippen molar-refractivity contribution >= 4 is 12.0 Å². The van der Waals surface area contributed by atoms with Crippen LogP contribution in [0.4, 0.5) is 0 Å². The highest BCUT2D eigenvalue weighted by atomic mass is 16.5. The van der Waals surface area contributed by atoms with E-state index in [0.29, 0.717) is 11.5 Å². The maximum absolute atomic E-state index is 10.6. The summed E-state index contributed by atoms with van der Waals surface area (Å²) in [6, 6.07) is 6.87. The van der Waals surface area contributed by atoms with Gasteiger partial charge in [-0.1, -0.05) is 18.2 Å². The van der Waals surface area contributed by atoms with Crippen LogP contribution < -0.4 is 9.47 Å². The van der Waals surface area contributed by atoms with Gasteiger partial charge in [-0.3, -0.25) is 0 Å². The molecule has 0 heterocycles. The molecule has 0 saturated heterocycles. The molecule has 0 atom stereocenters. The second kappa shape index (κ2) is 6.87. The summed E-state index contributed by atoms with van der Waals surface area (Å²) in [6.07, 6.45) is 4.40. The quantitative estimate of drug-likeness (QED) is 0.498. The molecular formula is C14H13NO4. The summed E-state index contributed by atoms with van der Waals surface area (Å²) in [4.78, 5) is 10.6. The van der Waals surface area contributed by atoms with Crippen LogP contribution in [0.2, 0.25) is 0 Å². The van der Waals surface area contributed by atoms with Crippen LogP contribution >= 0.6 is 0 Å². The molecule has 98 valence electrons. The molecular weight excluding hydrogens is 246 g/mol. The maximum atomic E-state index is 10.6. The minimum absolute atomic E-state index is 0.322. The van der Waals surface area contributed by atoms with E-state index in [1.165, 1.54) is 19.3 Å². The molecule has 1 rings (SSSR count). The smallest absolute Gasteiger partial charge is 0.346 e. The molecule has 0 spiro atoms. The first-order valence-electron chi connectivity index (χ1n) is 5.36. The molecule has 1 N–H and O–H groups in total. The van der Waals surface area contributed by atoms with Gasteiger partial charge in [0.25, 0.3) is 0 Å². The van der Waals surface area contributed by atoms with Gasteiger partial charge in [-0.25, -0.2) is 4.79 Å². The highest BCUT2D eigenvalue weighted by molar-refractivity contribution is 5.91. The Morgan fingerprint density at radius 3 is 2.53 bits per heavy atom. The van der Waals surface area contributed by atoms with Crippen molar-refractivity contribution < 1.29 is 19.4 Å². The summed E-state index contributed by atoms with van der Waals surface area (Å²) in [5.41, 5.74) is 0.480. The van der Waals surface area contributed by atoms with E-state index in [1.807, 2.05) is 0 Å². The van der Waals surface area contributed by atoms with Crippen LogP contribution in [0.1, 0.15) is 5.56 Å². The zero-order valence-electron chi connectivity index (χ0n) is 10.6. The molecule has 1 aromatic carbocycles. The zero-order valence-corrected chi connectivity index (χ0v) is 10.6. The minimum Gasteiger partial charge on any atom is -0.493 e. The Labute approximate surface area is 111 Å². The van der Waals surface area contributed by atoms with Gasteiger partial charge in [-0.05, 0) is 23.8 Å². The number of benzene rings is 1. The molecule has 0 aliphatic rings. The molecule has 0 aliphatic heterocycles. The van der Waals surface area contributed by atoms with Crippen LogP contribution in [-0.4, -0.2) is 25.3 Å². The number of allylic oxidation sites excluding steroid dienone is 2. The lowest BCUT2D eigenvalue weighted by Crippen LogP contribution is -1.96. The standard InChI is InChI=1S/C14H13NO4/c1-18-12-7-6-10(8-13(12)19-2)4-3-5-11(9-15)14(16)17/h3-8H,1-2H3,(H,16,17)/b4-3+,11-5+. The molecule has 5 heteroatoms. The SMILES string of the molecule is COc1ccc(/C=C/C=C(\C#N)C(=O)O)cc1OC. The van der Waals surface area contributed by atoms with E-state index in [0.717, 1.165) is 5.56 Å². The highest BCUT2D eigenvalue weighted by Gasteiger charge is 2.04. The van der Waals surface area contributed by atoms with Gasteiger partial charge in [0.05, 0.1) is 14.2 Å². The summed E-state index contributed by atoms with van der Waals surface area (Å²) >= 11 is 0. The van der Waals surface area contributed by atoms with Crippen molar-refractivity contribution in [1.29, 1.82) is 5.26 Å². The number of rotatable bonds is 5. The Morgan fingerprint density at radius 1 is 1.32 bits per heavy atom. The Kier molecular flexibility index (Phi) is 5.17. The van der Waals surface area contributed by atoms with Crippen molar-refractivity contribution in [2.75, 3.05) is 14.2 Å². The van der Waals surface area contributed by atoms with Crippen molar-refractivity contribution in [3.8, 4) is 17.6 Å². The molecule has 0 fully saturated rings. The number of hydrogen-bond acceptors (Lipinski definition) is 4. The third kappa shape index (κ3) is 3.89. The predicted octanol–water partition coefficient (Wildman–Crippen LogP) is 2.25. The number of carbonyl (C=O) groups is 1. The predicted molar refractivity (Wildman–Crippen MR) is 69.9 cm³/mol. The van der Waals surface area contributed by atoms with Gasteiger partial charge in [-0.15, -0.1) is 0 Å². The lowest BCUT2D eigenvalue weighted by Gasteiger charge is -2.07. The summed E-state index contributed by atoms with van der Waals surface area (Å²) in [7, 11) is 3.08. The second-order valence-corrected chi connectivity index (χ2v) is 3.47. The van der Waals surface area contributed by atoms with Crippen molar-refractivity contribution in [2.24, 2.45) is 0 Å². The normalized spacial score (nSPS) is 11.1. The first-order chi connectivity index (χ1) is 9.12.